The maximum absolute atomic E-state index is 12.4. The molecule has 0 saturated heterocycles. The molecule has 2 saturated carbocycles. The van der Waals surface area contributed by atoms with Crippen LogP contribution in [0.5, 0.6) is 0 Å². The summed E-state index contributed by atoms with van der Waals surface area (Å²) in [6.45, 7) is 0. The van der Waals surface area contributed by atoms with Gasteiger partial charge in [0.25, 0.3) is 5.91 Å². The molecule has 1 aromatic heterocycles. The lowest BCUT2D eigenvalue weighted by molar-refractivity contribution is 0.0899. The Kier molecular flexibility index (Phi) is 3.45. The summed E-state index contributed by atoms with van der Waals surface area (Å²) < 4.78 is 5.72. The van der Waals surface area contributed by atoms with E-state index in [2.05, 4.69) is 5.32 Å². The SMILES string of the molecule is O=C(NC(C1CC1)C1CC1)c1ccc(-c2ccccc2Cl)o1. The Bertz CT molecular complexity index is 689. The van der Waals surface area contributed by atoms with Crippen LogP contribution in [0.1, 0.15) is 36.2 Å². The average Bonchev–Trinajstić information content (AvgIpc) is 3.44. The average molecular weight is 316 g/mol. The summed E-state index contributed by atoms with van der Waals surface area (Å²) in [4.78, 5) is 12.4. The third-order valence-corrected chi connectivity index (χ3v) is 4.86. The van der Waals surface area contributed by atoms with E-state index >= 15 is 0 Å². The molecule has 0 aliphatic heterocycles. The minimum Gasteiger partial charge on any atom is -0.451 e. The smallest absolute Gasteiger partial charge is 0.287 e. The topological polar surface area (TPSA) is 42.2 Å². The highest BCUT2D eigenvalue weighted by atomic mass is 35.5. The number of nitrogens with one attached hydrogen (secondary N) is 1. The molecule has 4 heteroatoms. The van der Waals surface area contributed by atoms with E-state index in [0.717, 1.165) is 5.56 Å². The molecule has 2 aliphatic carbocycles. The molecule has 1 heterocycles. The number of halogens is 1. The van der Waals surface area contributed by atoms with Crippen LogP contribution in [-0.4, -0.2) is 11.9 Å². The van der Waals surface area contributed by atoms with E-state index in [1.165, 1.54) is 25.7 Å². The van der Waals surface area contributed by atoms with Crippen LogP contribution in [-0.2, 0) is 0 Å². The van der Waals surface area contributed by atoms with Gasteiger partial charge in [0.1, 0.15) is 5.76 Å². The summed E-state index contributed by atoms with van der Waals surface area (Å²) in [6, 6.07) is 11.3. The maximum atomic E-state index is 12.4. The molecule has 0 bridgehead atoms. The quantitative estimate of drug-likeness (QED) is 0.881. The van der Waals surface area contributed by atoms with Crippen molar-refractivity contribution in [2.75, 3.05) is 0 Å². The lowest BCUT2D eigenvalue weighted by Crippen LogP contribution is -2.37. The van der Waals surface area contributed by atoms with Gasteiger partial charge in [0.2, 0.25) is 0 Å². The Morgan fingerprint density at radius 1 is 1.09 bits per heavy atom. The Hall–Kier alpha value is -1.74. The molecule has 1 N–H and O–H groups in total. The standard InChI is InChI=1S/C18H18ClNO2/c19-14-4-2-1-3-13(14)15-9-10-16(22-15)18(21)20-17(11-5-6-11)12-7-8-12/h1-4,9-12,17H,5-8H2,(H,20,21). The van der Waals surface area contributed by atoms with Crippen LogP contribution in [0.2, 0.25) is 5.02 Å². The summed E-state index contributed by atoms with van der Waals surface area (Å²) in [6.07, 6.45) is 4.96. The summed E-state index contributed by atoms with van der Waals surface area (Å²) >= 11 is 6.17. The van der Waals surface area contributed by atoms with Crippen LogP contribution in [0, 0.1) is 11.8 Å². The molecular weight excluding hydrogens is 298 g/mol. The zero-order valence-electron chi connectivity index (χ0n) is 12.2. The number of benzene rings is 1. The van der Waals surface area contributed by atoms with Gasteiger partial charge < -0.3 is 9.73 Å². The van der Waals surface area contributed by atoms with Gasteiger partial charge in [-0.1, -0.05) is 23.7 Å². The van der Waals surface area contributed by atoms with Gasteiger partial charge in [-0.15, -0.1) is 0 Å². The Labute approximate surface area is 134 Å². The van der Waals surface area contributed by atoms with Gasteiger partial charge in [0.15, 0.2) is 5.76 Å². The van der Waals surface area contributed by atoms with Crippen molar-refractivity contribution in [1.29, 1.82) is 0 Å². The summed E-state index contributed by atoms with van der Waals surface area (Å²) in [5.74, 6) is 2.23. The first-order valence-corrected chi connectivity index (χ1v) is 8.26. The highest BCUT2D eigenvalue weighted by Gasteiger charge is 2.42. The number of furan rings is 1. The fourth-order valence-corrected chi connectivity index (χ4v) is 3.25. The molecule has 2 fully saturated rings. The van der Waals surface area contributed by atoms with Crippen LogP contribution >= 0.6 is 11.6 Å². The second-order valence-electron chi connectivity index (χ2n) is 6.32. The third kappa shape index (κ3) is 2.78. The molecule has 114 valence electrons. The van der Waals surface area contributed by atoms with Crippen molar-refractivity contribution >= 4 is 17.5 Å². The molecule has 1 aromatic carbocycles. The molecule has 2 aromatic rings. The zero-order chi connectivity index (χ0) is 15.1. The second-order valence-corrected chi connectivity index (χ2v) is 6.73. The van der Waals surface area contributed by atoms with Crippen molar-refractivity contribution in [3.8, 4) is 11.3 Å². The largest absolute Gasteiger partial charge is 0.451 e. The van der Waals surface area contributed by atoms with Crippen molar-refractivity contribution in [1.82, 2.24) is 5.32 Å². The first-order valence-electron chi connectivity index (χ1n) is 7.88. The van der Waals surface area contributed by atoms with Crippen molar-refractivity contribution in [3.63, 3.8) is 0 Å². The number of hydrogen-bond donors (Lipinski definition) is 1. The Balaban J connectivity index is 1.51. The van der Waals surface area contributed by atoms with E-state index in [4.69, 9.17) is 16.0 Å². The Morgan fingerprint density at radius 2 is 1.77 bits per heavy atom. The lowest BCUT2D eigenvalue weighted by Gasteiger charge is -2.16. The van der Waals surface area contributed by atoms with Gasteiger partial charge in [-0.25, -0.2) is 0 Å². The number of rotatable bonds is 5. The Morgan fingerprint density at radius 3 is 2.41 bits per heavy atom. The maximum Gasteiger partial charge on any atom is 0.287 e. The van der Waals surface area contributed by atoms with Crippen molar-refractivity contribution in [2.45, 2.75) is 31.7 Å². The molecule has 1 amide bonds. The minimum absolute atomic E-state index is 0.109. The predicted molar refractivity (Wildman–Crippen MR) is 85.9 cm³/mol. The van der Waals surface area contributed by atoms with E-state index in [-0.39, 0.29) is 5.91 Å². The fraction of sp³-hybridized carbons (Fsp3) is 0.389. The van der Waals surface area contributed by atoms with Crippen LogP contribution in [0.15, 0.2) is 40.8 Å². The number of amides is 1. The molecule has 0 atom stereocenters. The summed E-state index contributed by atoms with van der Waals surface area (Å²) in [5, 5.41) is 3.79. The normalized spacial score (nSPS) is 17.7. The molecule has 4 rings (SSSR count). The molecule has 0 radical (unpaired) electrons. The van der Waals surface area contributed by atoms with Crippen LogP contribution in [0.3, 0.4) is 0 Å². The second kappa shape index (κ2) is 5.47. The van der Waals surface area contributed by atoms with Crippen molar-refractivity contribution in [3.05, 3.63) is 47.2 Å². The van der Waals surface area contributed by atoms with Gasteiger partial charge in [0.05, 0.1) is 5.02 Å². The predicted octanol–water partition coefficient (Wildman–Crippen LogP) is 4.52. The molecular formula is C18H18ClNO2. The third-order valence-electron chi connectivity index (χ3n) is 4.53. The van der Waals surface area contributed by atoms with E-state index in [1.54, 1.807) is 12.1 Å². The van der Waals surface area contributed by atoms with E-state index < -0.39 is 0 Å². The molecule has 3 nitrogen and oxygen atoms in total. The first kappa shape index (κ1) is 13.9. The number of carbonyl (C=O) groups excluding carboxylic acids is 1. The van der Waals surface area contributed by atoms with Crippen LogP contribution in [0.25, 0.3) is 11.3 Å². The number of carbonyl (C=O) groups is 1. The van der Waals surface area contributed by atoms with E-state index in [1.807, 2.05) is 24.3 Å². The van der Waals surface area contributed by atoms with Gasteiger partial charge in [-0.2, -0.15) is 0 Å². The van der Waals surface area contributed by atoms with Gasteiger partial charge in [-0.05, 0) is 61.8 Å². The molecule has 0 unspecified atom stereocenters. The van der Waals surface area contributed by atoms with Gasteiger partial charge in [0, 0.05) is 11.6 Å². The van der Waals surface area contributed by atoms with Gasteiger partial charge in [-0.3, -0.25) is 4.79 Å². The minimum atomic E-state index is -0.109. The van der Waals surface area contributed by atoms with Gasteiger partial charge >= 0.3 is 0 Å². The van der Waals surface area contributed by atoms with Crippen molar-refractivity contribution < 1.29 is 9.21 Å². The fourth-order valence-electron chi connectivity index (χ4n) is 3.02. The van der Waals surface area contributed by atoms with Crippen molar-refractivity contribution in [2.24, 2.45) is 11.8 Å². The van der Waals surface area contributed by atoms with E-state index in [9.17, 15) is 4.79 Å². The van der Waals surface area contributed by atoms with Crippen LogP contribution < -0.4 is 5.32 Å². The zero-order valence-corrected chi connectivity index (χ0v) is 13.0. The molecule has 2 aliphatic rings. The lowest BCUT2D eigenvalue weighted by atomic mass is 10.1. The summed E-state index contributed by atoms with van der Waals surface area (Å²) in [5.41, 5.74) is 0.809. The highest BCUT2D eigenvalue weighted by Crippen LogP contribution is 2.44. The molecule has 0 spiro atoms. The summed E-state index contributed by atoms with van der Waals surface area (Å²) in [7, 11) is 0. The number of hydrogen-bond acceptors (Lipinski definition) is 2. The highest BCUT2D eigenvalue weighted by molar-refractivity contribution is 6.33. The van der Waals surface area contributed by atoms with E-state index in [0.29, 0.717) is 34.4 Å². The molecule has 22 heavy (non-hydrogen) atoms. The monoisotopic (exact) mass is 315 g/mol. The first-order chi connectivity index (χ1) is 10.7. The van der Waals surface area contributed by atoms with Crippen LogP contribution in [0.4, 0.5) is 0 Å².